The third-order valence-electron chi connectivity index (χ3n) is 5.57. The second-order valence-electron chi connectivity index (χ2n) is 8.19. The highest BCUT2D eigenvalue weighted by atomic mass is 19.1. The summed E-state index contributed by atoms with van der Waals surface area (Å²) in [5.74, 6) is -0.919. The van der Waals surface area contributed by atoms with Crippen LogP contribution in [0.5, 0.6) is 0 Å². The zero-order chi connectivity index (χ0) is 23.7. The second kappa shape index (κ2) is 8.97. The zero-order valence-corrected chi connectivity index (χ0v) is 18.5. The molecule has 2 heterocycles. The molecule has 1 N–H and O–H groups in total. The molecule has 0 radical (unpaired) electrons. The van der Waals surface area contributed by atoms with Gasteiger partial charge in [0.2, 0.25) is 17.8 Å². The molecule has 0 unspecified atom stereocenters. The number of amides is 2. The molecule has 0 spiro atoms. The first-order valence-corrected chi connectivity index (χ1v) is 10.5. The molecule has 2 amide bonds. The minimum atomic E-state index is -0.702. The SMILES string of the molecule is CC(=O)N1CC(CN(C(C)=O)c2ccc(Nc3ncn(-c4cc(F)cc(F)c4)n3)cc2C)C1. The molecule has 3 aromatic rings. The first-order valence-electron chi connectivity index (χ1n) is 10.5. The number of anilines is 3. The van der Waals surface area contributed by atoms with E-state index in [0.29, 0.717) is 25.3 Å². The lowest BCUT2D eigenvalue weighted by Gasteiger charge is -2.41. The fourth-order valence-electron chi connectivity index (χ4n) is 3.88. The maximum Gasteiger partial charge on any atom is 0.246 e. The summed E-state index contributed by atoms with van der Waals surface area (Å²) in [6.07, 6.45) is 1.36. The molecule has 1 fully saturated rings. The van der Waals surface area contributed by atoms with Crippen molar-refractivity contribution in [2.75, 3.05) is 29.9 Å². The predicted molar refractivity (Wildman–Crippen MR) is 120 cm³/mol. The van der Waals surface area contributed by atoms with E-state index in [1.54, 1.807) is 16.7 Å². The molecule has 1 aliphatic rings. The number of hydrogen-bond acceptors (Lipinski definition) is 5. The van der Waals surface area contributed by atoms with Gasteiger partial charge in [0.15, 0.2) is 0 Å². The minimum Gasteiger partial charge on any atom is -0.342 e. The molecule has 33 heavy (non-hydrogen) atoms. The normalized spacial score (nSPS) is 13.5. The lowest BCUT2D eigenvalue weighted by atomic mass is 9.98. The molecule has 8 nitrogen and oxygen atoms in total. The third kappa shape index (κ3) is 5.00. The highest BCUT2D eigenvalue weighted by molar-refractivity contribution is 5.92. The zero-order valence-electron chi connectivity index (χ0n) is 18.5. The molecule has 172 valence electrons. The summed E-state index contributed by atoms with van der Waals surface area (Å²) < 4.78 is 28.2. The average molecular weight is 454 g/mol. The second-order valence-corrected chi connectivity index (χ2v) is 8.19. The Morgan fingerprint density at radius 1 is 1.12 bits per heavy atom. The van der Waals surface area contributed by atoms with Gasteiger partial charge in [-0.1, -0.05) is 0 Å². The van der Waals surface area contributed by atoms with Gasteiger partial charge in [-0.2, -0.15) is 4.98 Å². The first-order chi connectivity index (χ1) is 15.7. The van der Waals surface area contributed by atoms with E-state index in [4.69, 9.17) is 0 Å². The van der Waals surface area contributed by atoms with Gasteiger partial charge in [-0.3, -0.25) is 9.59 Å². The van der Waals surface area contributed by atoms with Crippen LogP contribution >= 0.6 is 0 Å². The van der Waals surface area contributed by atoms with Crippen LogP contribution in [0.15, 0.2) is 42.7 Å². The highest BCUT2D eigenvalue weighted by Gasteiger charge is 2.31. The number of benzene rings is 2. The topological polar surface area (TPSA) is 83.4 Å². The molecule has 1 aliphatic heterocycles. The number of carbonyl (C=O) groups is 2. The van der Waals surface area contributed by atoms with Crippen molar-refractivity contribution in [1.82, 2.24) is 19.7 Å². The van der Waals surface area contributed by atoms with E-state index in [2.05, 4.69) is 15.4 Å². The van der Waals surface area contributed by atoms with Crippen molar-refractivity contribution >= 4 is 29.1 Å². The van der Waals surface area contributed by atoms with Crippen molar-refractivity contribution < 1.29 is 18.4 Å². The smallest absolute Gasteiger partial charge is 0.246 e. The maximum absolute atomic E-state index is 13.5. The molecule has 0 saturated carbocycles. The van der Waals surface area contributed by atoms with Gasteiger partial charge in [0.05, 0.1) is 5.69 Å². The summed E-state index contributed by atoms with van der Waals surface area (Å²) in [6.45, 7) is 6.83. The minimum absolute atomic E-state index is 0.0471. The van der Waals surface area contributed by atoms with E-state index in [9.17, 15) is 18.4 Å². The molecule has 0 bridgehead atoms. The fraction of sp³-hybridized carbons (Fsp3) is 0.304. The van der Waals surface area contributed by atoms with Crippen LogP contribution in [0.3, 0.4) is 0 Å². The molecule has 10 heteroatoms. The third-order valence-corrected chi connectivity index (χ3v) is 5.57. The Morgan fingerprint density at radius 2 is 1.82 bits per heavy atom. The Kier molecular flexibility index (Phi) is 6.08. The van der Waals surface area contributed by atoms with Gasteiger partial charge in [0.25, 0.3) is 0 Å². The van der Waals surface area contributed by atoms with Crippen LogP contribution in [0, 0.1) is 24.5 Å². The van der Waals surface area contributed by atoms with E-state index in [-0.39, 0.29) is 29.4 Å². The van der Waals surface area contributed by atoms with E-state index >= 15 is 0 Å². The summed E-state index contributed by atoms with van der Waals surface area (Å²) >= 11 is 0. The van der Waals surface area contributed by atoms with Gasteiger partial charge < -0.3 is 15.1 Å². The number of nitrogens with one attached hydrogen (secondary N) is 1. The van der Waals surface area contributed by atoms with E-state index in [1.165, 1.54) is 17.9 Å². The lowest BCUT2D eigenvalue weighted by Crippen LogP contribution is -2.53. The largest absolute Gasteiger partial charge is 0.342 e. The Bertz CT molecular complexity index is 1190. The Morgan fingerprint density at radius 3 is 2.42 bits per heavy atom. The van der Waals surface area contributed by atoms with Crippen LogP contribution in [-0.4, -0.2) is 51.1 Å². The highest BCUT2D eigenvalue weighted by Crippen LogP contribution is 2.28. The quantitative estimate of drug-likeness (QED) is 0.617. The Hall–Kier alpha value is -3.82. The molecule has 1 aromatic heterocycles. The number of carbonyl (C=O) groups excluding carboxylic acids is 2. The van der Waals surface area contributed by atoms with E-state index in [0.717, 1.165) is 29.4 Å². The molecular weight excluding hydrogens is 430 g/mol. The number of aromatic nitrogens is 3. The van der Waals surface area contributed by atoms with Crippen molar-refractivity contribution in [3.8, 4) is 5.69 Å². The van der Waals surface area contributed by atoms with Crippen LogP contribution in [0.4, 0.5) is 26.1 Å². The van der Waals surface area contributed by atoms with Crippen molar-refractivity contribution in [2.45, 2.75) is 20.8 Å². The van der Waals surface area contributed by atoms with Crippen molar-refractivity contribution in [3.63, 3.8) is 0 Å². The summed E-state index contributed by atoms with van der Waals surface area (Å²) in [7, 11) is 0. The van der Waals surface area contributed by atoms with Gasteiger partial charge in [-0.05, 0) is 42.8 Å². The molecule has 1 saturated heterocycles. The molecule has 2 aromatic carbocycles. The lowest BCUT2D eigenvalue weighted by molar-refractivity contribution is -0.134. The summed E-state index contributed by atoms with van der Waals surface area (Å²) in [5.41, 5.74) is 2.60. The standard InChI is InChI=1S/C23H24F2N6O2/c1-14-6-20(27-23-26-13-31(28-23)21-8-18(24)7-19(25)9-21)4-5-22(14)30(16(3)33)12-17-10-29(11-17)15(2)32/h4-9,13,17H,10-12H2,1-3H3,(H,27,28). The Balaban J connectivity index is 1.46. The van der Waals surface area contributed by atoms with Gasteiger partial charge in [0.1, 0.15) is 18.0 Å². The Labute approximate surface area is 189 Å². The summed E-state index contributed by atoms with van der Waals surface area (Å²) in [4.78, 5) is 31.3. The fourth-order valence-corrected chi connectivity index (χ4v) is 3.88. The van der Waals surface area contributed by atoms with Gasteiger partial charge in [-0.15, -0.1) is 5.10 Å². The first kappa shape index (κ1) is 22.4. The number of aryl methyl sites for hydroxylation is 1. The maximum atomic E-state index is 13.5. The predicted octanol–water partition coefficient (Wildman–Crippen LogP) is 3.43. The van der Waals surface area contributed by atoms with Gasteiger partial charge >= 0.3 is 0 Å². The van der Waals surface area contributed by atoms with Crippen LogP contribution in [0.1, 0.15) is 19.4 Å². The number of hydrogen-bond donors (Lipinski definition) is 1. The van der Waals surface area contributed by atoms with E-state index in [1.807, 2.05) is 25.1 Å². The monoisotopic (exact) mass is 454 g/mol. The van der Waals surface area contributed by atoms with Crippen molar-refractivity contribution in [2.24, 2.45) is 5.92 Å². The number of likely N-dealkylation sites (tertiary alicyclic amines) is 1. The van der Waals surface area contributed by atoms with Crippen molar-refractivity contribution in [1.29, 1.82) is 0 Å². The van der Waals surface area contributed by atoms with Crippen LogP contribution in [0.25, 0.3) is 5.69 Å². The summed E-state index contributed by atoms with van der Waals surface area (Å²) in [5, 5.41) is 7.28. The molecule has 4 rings (SSSR count). The number of nitrogens with zero attached hydrogens (tertiary/aromatic N) is 5. The van der Waals surface area contributed by atoms with Crippen molar-refractivity contribution in [3.05, 3.63) is 59.9 Å². The van der Waals surface area contributed by atoms with Gasteiger partial charge in [-0.25, -0.2) is 13.5 Å². The molecule has 0 atom stereocenters. The number of rotatable bonds is 6. The number of halogens is 2. The van der Waals surface area contributed by atoms with Gasteiger partial charge in [0, 0.05) is 56.8 Å². The van der Waals surface area contributed by atoms with E-state index < -0.39 is 11.6 Å². The average Bonchev–Trinajstić information content (AvgIpc) is 3.15. The summed E-state index contributed by atoms with van der Waals surface area (Å²) in [6, 6.07) is 8.64. The molecule has 0 aliphatic carbocycles. The van der Waals surface area contributed by atoms with Crippen LogP contribution < -0.4 is 10.2 Å². The molecular formula is C23H24F2N6O2. The van der Waals surface area contributed by atoms with Crippen LogP contribution in [-0.2, 0) is 9.59 Å². The van der Waals surface area contributed by atoms with Crippen LogP contribution in [0.2, 0.25) is 0 Å².